The van der Waals surface area contributed by atoms with Crippen molar-refractivity contribution in [1.82, 2.24) is 10.2 Å². The zero-order valence-electron chi connectivity index (χ0n) is 13.6. The van der Waals surface area contributed by atoms with Crippen molar-refractivity contribution in [3.63, 3.8) is 0 Å². The smallest absolute Gasteiger partial charge is 0.480 e. The molecule has 10 heteroatoms. The summed E-state index contributed by atoms with van der Waals surface area (Å²) in [6.07, 6.45) is 0.613. The van der Waals surface area contributed by atoms with E-state index in [9.17, 15) is 14.4 Å². The van der Waals surface area contributed by atoms with Crippen LogP contribution in [0.5, 0.6) is 0 Å². The summed E-state index contributed by atoms with van der Waals surface area (Å²) in [6, 6.07) is -1.01. The van der Waals surface area contributed by atoms with Crippen molar-refractivity contribution in [3.05, 3.63) is 0 Å². The van der Waals surface area contributed by atoms with Gasteiger partial charge in [-0.25, -0.2) is 9.59 Å². The van der Waals surface area contributed by atoms with Crippen molar-refractivity contribution in [2.45, 2.75) is 51.7 Å². The Hall–Kier alpha value is -2.32. The Morgan fingerprint density at radius 1 is 1.30 bits per heavy atom. The Kier molecular flexibility index (Phi) is 9.36. The van der Waals surface area contributed by atoms with E-state index in [4.69, 9.17) is 15.6 Å². The lowest BCUT2D eigenvalue weighted by molar-refractivity contribution is -0.141. The highest BCUT2D eigenvalue weighted by Gasteiger charge is 2.20. The first-order valence-corrected chi connectivity index (χ1v) is 7.18. The highest BCUT2D eigenvalue weighted by atomic mass is 16.6. The van der Waals surface area contributed by atoms with Gasteiger partial charge in [-0.1, -0.05) is 0 Å². The summed E-state index contributed by atoms with van der Waals surface area (Å²) in [5.74, 6) is -1.76. The Morgan fingerprint density at radius 2 is 1.96 bits per heavy atom. The number of aliphatic carboxylic acids is 1. The van der Waals surface area contributed by atoms with Gasteiger partial charge in [-0.05, 0) is 46.6 Å². The van der Waals surface area contributed by atoms with E-state index in [1.54, 1.807) is 20.8 Å². The molecule has 0 aliphatic heterocycles. The average molecular weight is 330 g/mol. The number of nitrogens with zero attached hydrogens (tertiary/aromatic N) is 3. The third-order valence-electron chi connectivity index (χ3n) is 2.38. The summed E-state index contributed by atoms with van der Waals surface area (Å²) in [5, 5.41) is 17.8. The monoisotopic (exact) mass is 330 g/mol. The second kappa shape index (κ2) is 10.4. The topological polar surface area (TPSA) is 158 Å². The highest BCUT2D eigenvalue weighted by molar-refractivity contribution is 5.84. The van der Waals surface area contributed by atoms with E-state index < -0.39 is 36.2 Å². The first-order valence-electron chi connectivity index (χ1n) is 7.18. The van der Waals surface area contributed by atoms with Crippen LogP contribution in [0.3, 0.4) is 0 Å². The van der Waals surface area contributed by atoms with Gasteiger partial charge in [-0.3, -0.25) is 4.79 Å². The van der Waals surface area contributed by atoms with Gasteiger partial charge in [-0.2, -0.15) is 0 Å². The largest absolute Gasteiger partial charge is 0.513 e. The second-order valence-corrected chi connectivity index (χ2v) is 5.71. The molecule has 0 unspecified atom stereocenters. The molecule has 4 N–H and O–H groups in total. The molecule has 0 bridgehead atoms. The van der Waals surface area contributed by atoms with Crippen molar-refractivity contribution in [3.8, 4) is 0 Å². The zero-order valence-corrected chi connectivity index (χ0v) is 13.6. The minimum atomic E-state index is -1.13. The van der Waals surface area contributed by atoms with E-state index in [1.165, 1.54) is 0 Å². The predicted molar refractivity (Wildman–Crippen MR) is 80.6 cm³/mol. The number of carbonyl (C=O) groups is 3. The van der Waals surface area contributed by atoms with Crippen LogP contribution in [0.2, 0.25) is 0 Å². The van der Waals surface area contributed by atoms with E-state index in [2.05, 4.69) is 20.5 Å². The minimum Gasteiger partial charge on any atom is -0.480 e. The highest BCUT2D eigenvalue weighted by Crippen LogP contribution is 2.07. The maximum absolute atomic E-state index is 11.6. The molecule has 0 radical (unpaired) electrons. The molecule has 23 heavy (non-hydrogen) atoms. The summed E-state index contributed by atoms with van der Waals surface area (Å²) < 4.78 is 4.85. The number of nitrogens with two attached hydrogens (primary N) is 1. The van der Waals surface area contributed by atoms with Gasteiger partial charge in [0.25, 0.3) is 0 Å². The molecule has 2 amide bonds. The number of carbonyl (C=O) groups excluding carboxylic acids is 2. The molecule has 0 fully saturated rings. The van der Waals surface area contributed by atoms with Crippen molar-refractivity contribution < 1.29 is 24.2 Å². The summed E-state index contributed by atoms with van der Waals surface area (Å²) >= 11 is 0. The van der Waals surface area contributed by atoms with Crippen LogP contribution in [0.1, 0.15) is 40.0 Å². The molecule has 0 saturated carbocycles. The van der Waals surface area contributed by atoms with E-state index in [-0.39, 0.29) is 6.42 Å². The molecule has 0 spiro atoms. The second-order valence-electron chi connectivity index (χ2n) is 5.71. The Bertz CT molecular complexity index is 480. The van der Waals surface area contributed by atoms with Crippen LogP contribution in [-0.2, 0) is 14.3 Å². The number of carboxylic acids is 1. The maximum atomic E-state index is 11.6. The molecule has 0 rings (SSSR count). The molecule has 1 atom stereocenters. The van der Waals surface area contributed by atoms with Crippen LogP contribution in [0, 0.1) is 0 Å². The molecular weight excluding hydrogens is 306 g/mol. The van der Waals surface area contributed by atoms with Gasteiger partial charge in [0.05, 0.1) is 0 Å². The van der Waals surface area contributed by atoms with Gasteiger partial charge < -0.3 is 20.9 Å². The van der Waals surface area contributed by atoms with Crippen LogP contribution in [0.4, 0.5) is 4.79 Å². The van der Waals surface area contributed by atoms with Crippen molar-refractivity contribution in [2.75, 3.05) is 13.1 Å². The molecule has 0 aliphatic carbocycles. The van der Waals surface area contributed by atoms with Gasteiger partial charge in [-0.15, -0.1) is 0 Å². The minimum absolute atomic E-state index is 0.275. The van der Waals surface area contributed by atoms with Crippen LogP contribution in [-0.4, -0.2) is 47.8 Å². The van der Waals surface area contributed by atoms with Crippen molar-refractivity contribution in [2.24, 2.45) is 16.0 Å². The summed E-state index contributed by atoms with van der Waals surface area (Å²) in [5.41, 5.74) is 4.62. The normalized spacial score (nSPS) is 11.8. The molecule has 130 valence electrons. The number of unbranched alkanes of at least 4 members (excludes halogenated alkanes) is 1. The van der Waals surface area contributed by atoms with Crippen LogP contribution in [0.25, 0.3) is 0 Å². The molecule has 0 aromatic rings. The maximum Gasteiger partial charge on any atom is 0.513 e. The fourth-order valence-corrected chi connectivity index (χ4v) is 1.44. The fraction of sp³-hybridized carbons (Fsp3) is 0.769. The lowest BCUT2D eigenvalue weighted by atomic mass is 10.1. The third kappa shape index (κ3) is 12.0. The first kappa shape index (κ1) is 20.7. The summed E-state index contributed by atoms with van der Waals surface area (Å²) in [7, 11) is 0. The van der Waals surface area contributed by atoms with E-state index in [1.807, 2.05) is 0 Å². The van der Waals surface area contributed by atoms with Crippen molar-refractivity contribution in [1.29, 1.82) is 0 Å². The van der Waals surface area contributed by atoms with Gasteiger partial charge in [0.1, 0.15) is 16.8 Å². The number of carboxylic acid groups (broad SMARTS) is 1. The lowest BCUT2D eigenvalue weighted by Gasteiger charge is -2.15. The van der Waals surface area contributed by atoms with Gasteiger partial charge in [0.2, 0.25) is 22.5 Å². The van der Waals surface area contributed by atoms with E-state index >= 15 is 0 Å². The Labute approximate surface area is 134 Å². The van der Waals surface area contributed by atoms with Crippen LogP contribution >= 0.6 is 0 Å². The molecule has 0 heterocycles. The molecule has 0 aliphatic rings. The first-order chi connectivity index (χ1) is 10.7. The molecule has 0 aromatic heterocycles. The Balaban J connectivity index is 4.33. The summed E-state index contributed by atoms with van der Waals surface area (Å²) in [4.78, 5) is 36.9. The number of amides is 2. The Morgan fingerprint density at radius 3 is 2.48 bits per heavy atom. The standard InChI is InChI=1S/C13H23N5O5/c1-13(2,3)23-12(22)17-18-15-8-10(19)16-9(11(20)21)6-4-5-7-14/h9H,4-8,14H2,1-3H3,(H-,16,19,20,21)/p+1/t9-/m0/s1. The number of ether oxygens (including phenoxy) is 1. The van der Waals surface area contributed by atoms with Crippen molar-refractivity contribution >= 4 is 18.0 Å². The van der Waals surface area contributed by atoms with Gasteiger partial charge >= 0.3 is 12.1 Å². The molecule has 0 aromatic carbocycles. The van der Waals surface area contributed by atoms with E-state index in [0.717, 1.165) is 0 Å². The number of rotatable bonds is 8. The number of hydrogen-bond acceptors (Lipinski definition) is 6. The number of hydrogen-bond donors (Lipinski definition) is 3. The van der Waals surface area contributed by atoms with E-state index in [0.29, 0.717) is 19.4 Å². The van der Waals surface area contributed by atoms with Gasteiger partial charge in [0.15, 0.2) is 0 Å². The fourth-order valence-electron chi connectivity index (χ4n) is 1.44. The quantitative estimate of drug-likeness (QED) is 0.336. The molecule has 0 saturated heterocycles. The number of nitrogens with one attached hydrogen (secondary N) is 1. The third-order valence-corrected chi connectivity index (χ3v) is 2.38. The lowest BCUT2D eigenvalue weighted by Crippen LogP contribution is -2.41. The molecular formula is C13H24N5O5+. The predicted octanol–water partition coefficient (Wildman–Crippen LogP) is 0.592. The zero-order chi connectivity index (χ0) is 17.9. The SMILES string of the molecule is CC(C)(C)OC(=O)N=[N+]=NCC(=O)N[C@@H](CCCCN)C(=O)O. The average Bonchev–Trinajstić information content (AvgIpc) is 2.40. The summed E-state index contributed by atoms with van der Waals surface area (Å²) in [6.45, 7) is 5.03. The van der Waals surface area contributed by atoms with Crippen LogP contribution in [0.15, 0.2) is 10.2 Å². The molecule has 10 nitrogen and oxygen atoms in total. The van der Waals surface area contributed by atoms with Gasteiger partial charge in [0, 0.05) is 0 Å². The van der Waals surface area contributed by atoms with Crippen LogP contribution < -0.4 is 16.0 Å².